The van der Waals surface area contributed by atoms with Crippen LogP contribution in [0.4, 0.5) is 0 Å². The molecule has 2 N–H and O–H groups in total. The Bertz CT molecular complexity index is 825. The van der Waals surface area contributed by atoms with Gasteiger partial charge in [0, 0.05) is 31.7 Å². The number of hydrogen-bond donors (Lipinski definition) is 2. The molecule has 0 aromatic heterocycles. The van der Waals surface area contributed by atoms with E-state index in [2.05, 4.69) is 10.6 Å². The van der Waals surface area contributed by atoms with Crippen molar-refractivity contribution in [1.29, 1.82) is 0 Å². The van der Waals surface area contributed by atoms with Crippen molar-refractivity contribution in [3.05, 3.63) is 59.7 Å². The largest absolute Gasteiger partial charge is 0.349 e. The minimum atomic E-state index is -0.501. The summed E-state index contributed by atoms with van der Waals surface area (Å²) in [5.41, 5.74) is 3.74. The van der Waals surface area contributed by atoms with Crippen LogP contribution in [-0.2, 0) is 16.0 Å². The highest BCUT2D eigenvalue weighted by Gasteiger charge is 2.18. The number of Topliss-reactive ketones (excluding diaryl/α,β-unsaturated/α-hetero) is 1. The van der Waals surface area contributed by atoms with E-state index in [1.165, 1.54) is 6.92 Å². The summed E-state index contributed by atoms with van der Waals surface area (Å²) in [4.78, 5) is 36.6. The molecule has 0 spiro atoms. The zero-order valence-electron chi connectivity index (χ0n) is 16.0. The van der Waals surface area contributed by atoms with Crippen LogP contribution in [0, 0.1) is 0 Å². The minimum Gasteiger partial charge on any atom is -0.349 e. The van der Waals surface area contributed by atoms with Gasteiger partial charge in [-0.1, -0.05) is 36.4 Å². The van der Waals surface area contributed by atoms with Gasteiger partial charge in [0.1, 0.15) is 0 Å². The number of carbonyl (C=O) groups is 3. The van der Waals surface area contributed by atoms with Crippen molar-refractivity contribution in [3.8, 4) is 11.1 Å². The van der Waals surface area contributed by atoms with Gasteiger partial charge >= 0.3 is 0 Å². The second-order valence-corrected chi connectivity index (χ2v) is 6.97. The highest BCUT2D eigenvalue weighted by atomic mass is 16.2. The van der Waals surface area contributed by atoms with Gasteiger partial charge in [-0.05, 0) is 42.2 Å². The zero-order valence-corrected chi connectivity index (χ0v) is 16.0. The Kier molecular flexibility index (Phi) is 6.55. The molecule has 1 heterocycles. The number of benzene rings is 2. The fraction of sp³-hybridized carbons (Fsp3) is 0.318. The molecular weight excluding hydrogens is 354 g/mol. The van der Waals surface area contributed by atoms with Crippen molar-refractivity contribution in [2.24, 2.45) is 0 Å². The Morgan fingerprint density at radius 1 is 1.04 bits per heavy atom. The first-order chi connectivity index (χ1) is 13.6. The molecule has 1 aliphatic heterocycles. The minimum absolute atomic E-state index is 0.0686. The molecule has 0 bridgehead atoms. The molecule has 2 aromatic rings. The van der Waals surface area contributed by atoms with Crippen LogP contribution in [0.5, 0.6) is 0 Å². The number of nitrogens with one attached hydrogen (secondary N) is 2. The van der Waals surface area contributed by atoms with E-state index < -0.39 is 6.04 Å². The van der Waals surface area contributed by atoms with Crippen molar-refractivity contribution in [2.75, 3.05) is 26.2 Å². The molecule has 0 saturated carbocycles. The second-order valence-electron chi connectivity index (χ2n) is 6.97. The van der Waals surface area contributed by atoms with Crippen LogP contribution in [0.1, 0.15) is 22.8 Å². The fourth-order valence-electron chi connectivity index (χ4n) is 3.33. The molecule has 0 radical (unpaired) electrons. The lowest BCUT2D eigenvalue weighted by molar-refractivity contribution is -0.121. The molecule has 3 rings (SSSR count). The van der Waals surface area contributed by atoms with Gasteiger partial charge in [-0.2, -0.15) is 0 Å². The van der Waals surface area contributed by atoms with Gasteiger partial charge < -0.3 is 15.5 Å². The van der Waals surface area contributed by atoms with Crippen molar-refractivity contribution >= 4 is 18.1 Å². The first-order valence-corrected chi connectivity index (χ1v) is 9.48. The number of rotatable bonds is 7. The molecule has 2 aromatic carbocycles. The van der Waals surface area contributed by atoms with E-state index in [4.69, 9.17) is 0 Å². The molecule has 146 valence electrons. The molecule has 1 aliphatic rings. The van der Waals surface area contributed by atoms with Crippen LogP contribution in [-0.4, -0.2) is 55.2 Å². The molecule has 1 fully saturated rings. The van der Waals surface area contributed by atoms with Gasteiger partial charge in [0.05, 0.1) is 6.04 Å². The van der Waals surface area contributed by atoms with Crippen LogP contribution in [0.2, 0.25) is 0 Å². The van der Waals surface area contributed by atoms with Crippen LogP contribution in [0.15, 0.2) is 48.5 Å². The monoisotopic (exact) mass is 379 g/mol. The van der Waals surface area contributed by atoms with Crippen molar-refractivity contribution < 1.29 is 14.4 Å². The SMILES string of the molecule is CC(=O)[C@H](Cc1ccc(-c2ccc(C(=O)N3CCNCC3)cc2)cc1)NC=O. The smallest absolute Gasteiger partial charge is 0.253 e. The number of piperazine rings is 1. The lowest BCUT2D eigenvalue weighted by Gasteiger charge is -2.27. The van der Waals surface area contributed by atoms with Gasteiger partial charge in [0.15, 0.2) is 5.78 Å². The van der Waals surface area contributed by atoms with E-state index in [9.17, 15) is 14.4 Å². The average molecular weight is 379 g/mol. The molecule has 0 unspecified atom stereocenters. The van der Waals surface area contributed by atoms with Gasteiger partial charge in [-0.25, -0.2) is 0 Å². The maximum Gasteiger partial charge on any atom is 0.253 e. The maximum atomic E-state index is 12.5. The van der Waals surface area contributed by atoms with Crippen molar-refractivity contribution in [3.63, 3.8) is 0 Å². The van der Waals surface area contributed by atoms with Gasteiger partial charge in [-0.15, -0.1) is 0 Å². The van der Waals surface area contributed by atoms with E-state index in [0.29, 0.717) is 18.4 Å². The molecule has 6 nitrogen and oxygen atoms in total. The number of amides is 2. The quantitative estimate of drug-likeness (QED) is 0.717. The molecule has 28 heavy (non-hydrogen) atoms. The molecule has 2 amide bonds. The number of ketones is 1. The summed E-state index contributed by atoms with van der Waals surface area (Å²) in [5, 5.41) is 5.80. The average Bonchev–Trinajstić information content (AvgIpc) is 2.74. The third kappa shape index (κ3) is 4.84. The number of hydrogen-bond acceptors (Lipinski definition) is 4. The molecule has 1 atom stereocenters. The van der Waals surface area contributed by atoms with E-state index in [1.807, 2.05) is 53.4 Å². The summed E-state index contributed by atoms with van der Waals surface area (Å²) >= 11 is 0. The van der Waals surface area contributed by atoms with Crippen molar-refractivity contribution in [2.45, 2.75) is 19.4 Å². The summed E-state index contributed by atoms with van der Waals surface area (Å²) in [6.45, 7) is 4.62. The molecule has 6 heteroatoms. The van der Waals surface area contributed by atoms with Gasteiger partial charge in [-0.3, -0.25) is 14.4 Å². The summed E-state index contributed by atoms with van der Waals surface area (Å²) in [6, 6.07) is 15.0. The summed E-state index contributed by atoms with van der Waals surface area (Å²) < 4.78 is 0. The van der Waals surface area contributed by atoms with Crippen molar-refractivity contribution in [1.82, 2.24) is 15.5 Å². The Morgan fingerprint density at radius 2 is 1.61 bits per heavy atom. The highest BCUT2D eigenvalue weighted by molar-refractivity contribution is 5.94. The lowest BCUT2D eigenvalue weighted by Crippen LogP contribution is -2.46. The van der Waals surface area contributed by atoms with E-state index in [0.717, 1.165) is 42.9 Å². The van der Waals surface area contributed by atoms with E-state index in [-0.39, 0.29) is 11.7 Å². The first kappa shape index (κ1) is 19.8. The third-order valence-electron chi connectivity index (χ3n) is 5.02. The highest BCUT2D eigenvalue weighted by Crippen LogP contribution is 2.21. The Hall–Kier alpha value is -2.99. The van der Waals surface area contributed by atoms with Gasteiger partial charge in [0.2, 0.25) is 6.41 Å². The van der Waals surface area contributed by atoms with Gasteiger partial charge in [0.25, 0.3) is 5.91 Å². The number of nitrogens with zero attached hydrogens (tertiary/aromatic N) is 1. The normalized spacial score (nSPS) is 15.0. The predicted octanol–water partition coefficient (Wildman–Crippen LogP) is 1.65. The third-order valence-corrected chi connectivity index (χ3v) is 5.02. The van der Waals surface area contributed by atoms with E-state index >= 15 is 0 Å². The fourth-order valence-corrected chi connectivity index (χ4v) is 3.33. The molecule has 1 saturated heterocycles. The number of carbonyl (C=O) groups excluding carboxylic acids is 3. The summed E-state index contributed by atoms with van der Waals surface area (Å²) in [5.74, 6) is 0.00210. The topological polar surface area (TPSA) is 78.5 Å². The predicted molar refractivity (Wildman–Crippen MR) is 108 cm³/mol. The second kappa shape index (κ2) is 9.28. The van der Waals surface area contributed by atoms with Crippen LogP contribution in [0.25, 0.3) is 11.1 Å². The molecular formula is C22H25N3O3. The van der Waals surface area contributed by atoms with Crippen LogP contribution in [0.3, 0.4) is 0 Å². The summed E-state index contributed by atoms with van der Waals surface area (Å²) in [6.07, 6.45) is 1.02. The maximum absolute atomic E-state index is 12.5. The Balaban J connectivity index is 1.67. The first-order valence-electron chi connectivity index (χ1n) is 9.48. The zero-order chi connectivity index (χ0) is 19.9. The van der Waals surface area contributed by atoms with Crippen LogP contribution >= 0.6 is 0 Å². The standard InChI is InChI=1S/C22H25N3O3/c1-16(27)21(24-15-26)14-17-2-4-18(5-3-17)19-6-8-20(9-7-19)22(28)25-12-10-23-11-13-25/h2-9,15,21,23H,10-14H2,1H3,(H,24,26)/t21-/m0/s1. The molecule has 0 aliphatic carbocycles. The van der Waals surface area contributed by atoms with E-state index in [1.54, 1.807) is 0 Å². The Morgan fingerprint density at radius 3 is 2.14 bits per heavy atom. The lowest BCUT2D eigenvalue weighted by atomic mass is 9.98. The van der Waals surface area contributed by atoms with Crippen LogP contribution < -0.4 is 10.6 Å². The Labute approximate surface area is 164 Å². The summed E-state index contributed by atoms with van der Waals surface area (Å²) in [7, 11) is 0.